The van der Waals surface area contributed by atoms with Crippen molar-refractivity contribution in [3.8, 4) is 0 Å². The van der Waals surface area contributed by atoms with Gasteiger partial charge in [0.1, 0.15) is 0 Å². The minimum absolute atomic E-state index is 0.116. The van der Waals surface area contributed by atoms with Gasteiger partial charge in [0.15, 0.2) is 0 Å². The first-order chi connectivity index (χ1) is 14.5. The molecule has 160 valence electrons. The lowest BCUT2D eigenvalue weighted by molar-refractivity contribution is 0.0751. The second-order valence-electron chi connectivity index (χ2n) is 9.03. The number of anilines is 1. The Morgan fingerprint density at radius 2 is 1.80 bits per heavy atom. The van der Waals surface area contributed by atoms with Gasteiger partial charge in [-0.1, -0.05) is 30.3 Å². The van der Waals surface area contributed by atoms with Gasteiger partial charge < -0.3 is 10.2 Å². The molecule has 0 spiro atoms. The van der Waals surface area contributed by atoms with Gasteiger partial charge >= 0.3 is 0 Å². The zero-order chi connectivity index (χ0) is 21.1. The number of nitrogens with one attached hydrogen (secondary N) is 1. The highest BCUT2D eigenvalue weighted by Crippen LogP contribution is 2.45. The van der Waals surface area contributed by atoms with Crippen molar-refractivity contribution < 1.29 is 4.79 Å². The molecule has 0 aromatic heterocycles. The van der Waals surface area contributed by atoms with E-state index < -0.39 is 0 Å². The Kier molecular flexibility index (Phi) is 6.14. The Hall–Kier alpha value is -2.33. The molecule has 2 aliphatic rings. The molecule has 2 fully saturated rings. The molecular formula is C26H35N3O. The van der Waals surface area contributed by atoms with E-state index in [-0.39, 0.29) is 11.4 Å². The van der Waals surface area contributed by atoms with Crippen LogP contribution in [0.15, 0.2) is 54.6 Å². The van der Waals surface area contributed by atoms with Crippen molar-refractivity contribution in [3.05, 3.63) is 65.7 Å². The number of carbonyl (C=O) groups excluding carboxylic acids is 1. The molecule has 0 aliphatic carbocycles. The summed E-state index contributed by atoms with van der Waals surface area (Å²) in [4.78, 5) is 17.1. The Bertz CT molecular complexity index is 846. The number of piperidine rings is 1. The van der Waals surface area contributed by atoms with E-state index in [1.165, 1.54) is 24.8 Å². The number of nitrogens with zero attached hydrogens (tertiary/aromatic N) is 2. The first kappa shape index (κ1) is 20.9. The van der Waals surface area contributed by atoms with Crippen molar-refractivity contribution in [2.24, 2.45) is 0 Å². The van der Waals surface area contributed by atoms with Crippen LogP contribution in [0.25, 0.3) is 0 Å². The summed E-state index contributed by atoms with van der Waals surface area (Å²) in [5.41, 5.74) is 3.58. The monoisotopic (exact) mass is 405 g/mol. The molecular weight excluding hydrogens is 370 g/mol. The quantitative estimate of drug-likeness (QED) is 0.717. The topological polar surface area (TPSA) is 35.6 Å². The normalized spacial score (nSPS) is 25.8. The fraction of sp³-hybridized carbons (Fsp3) is 0.500. The SMILES string of the molecule is CCN(CC)C(=O)c1ccc(NC2CC3CCC(Cc4ccccc4)(C2)N3C)cc1. The summed E-state index contributed by atoms with van der Waals surface area (Å²) >= 11 is 0. The molecule has 2 bridgehead atoms. The average Bonchev–Trinajstić information content (AvgIpc) is 2.94. The summed E-state index contributed by atoms with van der Waals surface area (Å²) in [5.74, 6) is 0.116. The van der Waals surface area contributed by atoms with E-state index in [0.29, 0.717) is 12.1 Å². The van der Waals surface area contributed by atoms with Crippen molar-refractivity contribution in [1.29, 1.82) is 0 Å². The summed E-state index contributed by atoms with van der Waals surface area (Å²) < 4.78 is 0. The van der Waals surface area contributed by atoms with E-state index in [4.69, 9.17) is 0 Å². The first-order valence-electron chi connectivity index (χ1n) is 11.5. The van der Waals surface area contributed by atoms with E-state index in [2.05, 4.69) is 59.7 Å². The lowest BCUT2D eigenvalue weighted by Crippen LogP contribution is -2.54. The summed E-state index contributed by atoms with van der Waals surface area (Å²) in [6.45, 7) is 5.54. The highest BCUT2D eigenvalue weighted by molar-refractivity contribution is 5.94. The van der Waals surface area contributed by atoms with Crippen molar-refractivity contribution in [2.45, 2.75) is 63.6 Å². The number of rotatable bonds is 7. The second kappa shape index (κ2) is 8.81. The molecule has 30 heavy (non-hydrogen) atoms. The van der Waals surface area contributed by atoms with E-state index in [1.54, 1.807) is 0 Å². The van der Waals surface area contributed by atoms with Crippen LogP contribution in [0.3, 0.4) is 0 Å². The fourth-order valence-corrected chi connectivity index (χ4v) is 5.59. The predicted octanol–water partition coefficient (Wildman–Crippen LogP) is 4.82. The Labute approximate surface area is 181 Å². The molecule has 4 rings (SSSR count). The third-order valence-corrected chi connectivity index (χ3v) is 7.35. The van der Waals surface area contributed by atoms with Crippen molar-refractivity contribution in [1.82, 2.24) is 9.80 Å². The molecule has 3 atom stereocenters. The lowest BCUT2D eigenvalue weighted by Gasteiger charge is -2.46. The van der Waals surface area contributed by atoms with Gasteiger partial charge in [-0.25, -0.2) is 0 Å². The third-order valence-electron chi connectivity index (χ3n) is 7.35. The Morgan fingerprint density at radius 3 is 2.47 bits per heavy atom. The maximum absolute atomic E-state index is 12.6. The molecule has 2 aromatic rings. The van der Waals surface area contributed by atoms with Crippen LogP contribution >= 0.6 is 0 Å². The molecule has 0 radical (unpaired) electrons. The molecule has 3 unspecified atom stereocenters. The smallest absolute Gasteiger partial charge is 0.253 e. The number of carbonyl (C=O) groups is 1. The standard InChI is InChI=1S/C26H35N3O/c1-4-29(5-2)25(30)21-11-13-22(14-12-21)27-23-17-24-15-16-26(19-23,28(24)3)18-20-9-7-6-8-10-20/h6-14,23-24,27H,4-5,15-19H2,1-3H3. The van der Waals surface area contributed by atoms with Gasteiger partial charge in [0, 0.05) is 42.0 Å². The first-order valence-corrected chi connectivity index (χ1v) is 11.5. The van der Waals surface area contributed by atoms with Crippen LogP contribution in [0, 0.1) is 0 Å². The van der Waals surface area contributed by atoms with Crippen LogP contribution in [0.1, 0.15) is 55.5 Å². The maximum atomic E-state index is 12.6. The fourth-order valence-electron chi connectivity index (χ4n) is 5.59. The number of hydrogen-bond acceptors (Lipinski definition) is 3. The molecule has 2 aliphatic heterocycles. The van der Waals surface area contributed by atoms with Crippen molar-refractivity contribution >= 4 is 11.6 Å². The average molecular weight is 406 g/mol. The van der Waals surface area contributed by atoms with E-state index in [0.717, 1.165) is 37.2 Å². The van der Waals surface area contributed by atoms with Crippen LogP contribution in [0.2, 0.25) is 0 Å². The zero-order valence-electron chi connectivity index (χ0n) is 18.6. The lowest BCUT2D eigenvalue weighted by atomic mass is 9.80. The van der Waals surface area contributed by atoms with Gasteiger partial charge in [-0.2, -0.15) is 0 Å². The van der Waals surface area contributed by atoms with Crippen LogP contribution in [0.5, 0.6) is 0 Å². The summed E-state index contributed by atoms with van der Waals surface area (Å²) in [6, 6.07) is 20.1. The van der Waals surface area contributed by atoms with Crippen LogP contribution < -0.4 is 5.32 Å². The molecule has 4 nitrogen and oxygen atoms in total. The minimum atomic E-state index is 0.116. The highest BCUT2D eigenvalue weighted by Gasteiger charge is 2.49. The van der Waals surface area contributed by atoms with Gasteiger partial charge in [-0.05, 0) is 82.8 Å². The molecule has 1 amide bonds. The molecule has 2 saturated heterocycles. The van der Waals surface area contributed by atoms with E-state index in [1.807, 2.05) is 30.9 Å². The highest BCUT2D eigenvalue weighted by atomic mass is 16.2. The van der Waals surface area contributed by atoms with Crippen LogP contribution in [0.4, 0.5) is 5.69 Å². The number of benzene rings is 2. The minimum Gasteiger partial charge on any atom is -0.382 e. The summed E-state index contributed by atoms with van der Waals surface area (Å²) in [6.07, 6.45) is 6.04. The van der Waals surface area contributed by atoms with Gasteiger partial charge in [0.05, 0.1) is 0 Å². The number of hydrogen-bond donors (Lipinski definition) is 1. The number of fused-ring (bicyclic) bond motifs is 2. The van der Waals surface area contributed by atoms with Gasteiger partial charge in [0.2, 0.25) is 0 Å². The van der Waals surface area contributed by atoms with E-state index >= 15 is 0 Å². The molecule has 1 N–H and O–H groups in total. The van der Waals surface area contributed by atoms with Gasteiger partial charge in [0.25, 0.3) is 5.91 Å². The largest absolute Gasteiger partial charge is 0.382 e. The summed E-state index contributed by atoms with van der Waals surface area (Å²) in [5, 5.41) is 3.78. The molecule has 2 aromatic carbocycles. The molecule has 4 heteroatoms. The third kappa shape index (κ3) is 4.11. The molecule has 0 saturated carbocycles. The molecule has 2 heterocycles. The second-order valence-corrected chi connectivity index (χ2v) is 9.03. The summed E-state index contributed by atoms with van der Waals surface area (Å²) in [7, 11) is 2.32. The number of likely N-dealkylation sites (N-methyl/N-ethyl adjacent to an activating group) is 1. The van der Waals surface area contributed by atoms with Gasteiger partial charge in [-0.3, -0.25) is 9.69 Å². The Balaban J connectivity index is 1.45. The Morgan fingerprint density at radius 1 is 1.10 bits per heavy atom. The van der Waals surface area contributed by atoms with Crippen molar-refractivity contribution in [2.75, 3.05) is 25.5 Å². The maximum Gasteiger partial charge on any atom is 0.253 e. The number of amides is 1. The zero-order valence-corrected chi connectivity index (χ0v) is 18.6. The van der Waals surface area contributed by atoms with Crippen LogP contribution in [-0.2, 0) is 6.42 Å². The van der Waals surface area contributed by atoms with E-state index in [9.17, 15) is 4.79 Å². The predicted molar refractivity (Wildman–Crippen MR) is 124 cm³/mol. The van der Waals surface area contributed by atoms with Gasteiger partial charge in [-0.15, -0.1) is 0 Å². The van der Waals surface area contributed by atoms with Crippen molar-refractivity contribution in [3.63, 3.8) is 0 Å². The van der Waals surface area contributed by atoms with Crippen LogP contribution in [-0.4, -0.2) is 53.5 Å².